The van der Waals surface area contributed by atoms with Gasteiger partial charge in [-0.15, -0.1) is 0 Å². The molecular formula is C20H23FN2O4. The van der Waals surface area contributed by atoms with Crippen LogP contribution in [0.4, 0.5) is 10.1 Å². The Morgan fingerprint density at radius 3 is 2.63 bits per heavy atom. The molecule has 2 fully saturated rings. The minimum Gasteiger partial charge on any atom is -0.460 e. The SMILES string of the molecule is O=C(OCCO)c1cn(C2CC2)c2cc(N3CCCCC3)c(F)cc2c1=O. The molecule has 1 aromatic heterocycles. The van der Waals surface area contributed by atoms with Gasteiger partial charge in [-0.1, -0.05) is 0 Å². The second kappa shape index (κ2) is 7.31. The van der Waals surface area contributed by atoms with E-state index >= 15 is 0 Å². The van der Waals surface area contributed by atoms with Crippen molar-refractivity contribution in [2.45, 2.75) is 38.1 Å². The van der Waals surface area contributed by atoms with E-state index in [0.717, 1.165) is 45.2 Å². The van der Waals surface area contributed by atoms with E-state index in [0.29, 0.717) is 11.2 Å². The zero-order chi connectivity index (χ0) is 19.0. The van der Waals surface area contributed by atoms with Crippen molar-refractivity contribution in [1.29, 1.82) is 0 Å². The Morgan fingerprint density at radius 2 is 1.96 bits per heavy atom. The predicted molar refractivity (Wildman–Crippen MR) is 99.9 cm³/mol. The zero-order valence-electron chi connectivity index (χ0n) is 15.1. The molecule has 27 heavy (non-hydrogen) atoms. The summed E-state index contributed by atoms with van der Waals surface area (Å²) in [5, 5.41) is 9.03. The first-order chi connectivity index (χ1) is 13.1. The highest BCUT2D eigenvalue weighted by molar-refractivity contribution is 5.94. The molecule has 144 valence electrons. The van der Waals surface area contributed by atoms with Gasteiger partial charge in [0, 0.05) is 30.7 Å². The van der Waals surface area contributed by atoms with Gasteiger partial charge in [0.1, 0.15) is 18.0 Å². The van der Waals surface area contributed by atoms with Crippen LogP contribution in [0.25, 0.3) is 10.9 Å². The molecule has 1 aromatic carbocycles. The van der Waals surface area contributed by atoms with Crippen LogP contribution in [0.1, 0.15) is 48.5 Å². The molecule has 2 aliphatic rings. The van der Waals surface area contributed by atoms with Crippen LogP contribution in [0.3, 0.4) is 0 Å². The number of benzene rings is 1. The van der Waals surface area contributed by atoms with Gasteiger partial charge < -0.3 is 19.3 Å². The second-order valence-electron chi connectivity index (χ2n) is 7.24. The summed E-state index contributed by atoms with van der Waals surface area (Å²) in [6.07, 6.45) is 6.65. The van der Waals surface area contributed by atoms with Gasteiger partial charge in [0.05, 0.1) is 17.8 Å². The molecule has 0 amide bonds. The van der Waals surface area contributed by atoms with Crippen LogP contribution >= 0.6 is 0 Å². The van der Waals surface area contributed by atoms with Crippen molar-refractivity contribution in [3.05, 3.63) is 39.9 Å². The topological polar surface area (TPSA) is 71.8 Å². The maximum atomic E-state index is 14.8. The molecule has 1 saturated carbocycles. The molecule has 6 nitrogen and oxygen atoms in total. The van der Waals surface area contributed by atoms with E-state index in [2.05, 4.69) is 0 Å². The fourth-order valence-electron chi connectivity index (χ4n) is 3.75. The molecule has 0 spiro atoms. The molecule has 0 bridgehead atoms. The fourth-order valence-corrected chi connectivity index (χ4v) is 3.75. The van der Waals surface area contributed by atoms with Gasteiger partial charge in [0.25, 0.3) is 0 Å². The number of halogens is 1. The molecule has 1 aliphatic carbocycles. The highest BCUT2D eigenvalue weighted by atomic mass is 19.1. The van der Waals surface area contributed by atoms with Crippen LogP contribution in [-0.2, 0) is 4.74 Å². The van der Waals surface area contributed by atoms with E-state index in [1.807, 2.05) is 9.47 Å². The number of fused-ring (bicyclic) bond motifs is 1. The number of ether oxygens (including phenoxy) is 1. The first-order valence-electron chi connectivity index (χ1n) is 9.51. The molecule has 1 N–H and O–H groups in total. The Bertz CT molecular complexity index is 930. The number of hydrogen-bond donors (Lipinski definition) is 1. The fraction of sp³-hybridized carbons (Fsp3) is 0.500. The average molecular weight is 374 g/mol. The number of aromatic nitrogens is 1. The number of piperidine rings is 1. The number of carbonyl (C=O) groups excluding carboxylic acids is 1. The van der Waals surface area contributed by atoms with E-state index < -0.39 is 17.2 Å². The number of aliphatic hydroxyl groups excluding tert-OH is 1. The highest BCUT2D eigenvalue weighted by Gasteiger charge is 2.28. The van der Waals surface area contributed by atoms with Crippen molar-refractivity contribution < 1.29 is 19.0 Å². The standard InChI is InChI=1S/C20H23FN2O4/c21-16-10-14-17(11-18(16)22-6-2-1-3-7-22)23(13-4-5-13)12-15(19(14)25)20(26)27-9-8-24/h10-13,24H,1-9H2. The molecule has 4 rings (SSSR count). The first-order valence-corrected chi connectivity index (χ1v) is 9.51. The van der Waals surface area contributed by atoms with Crippen LogP contribution in [0.15, 0.2) is 23.1 Å². The Kier molecular flexibility index (Phi) is 4.86. The summed E-state index contributed by atoms with van der Waals surface area (Å²) in [5.74, 6) is -1.23. The average Bonchev–Trinajstić information content (AvgIpc) is 3.52. The molecule has 0 radical (unpaired) electrons. The predicted octanol–water partition coefficient (Wildman–Crippen LogP) is 2.61. The van der Waals surface area contributed by atoms with Crippen LogP contribution < -0.4 is 10.3 Å². The van der Waals surface area contributed by atoms with Crippen molar-refractivity contribution in [3.8, 4) is 0 Å². The van der Waals surface area contributed by atoms with Crippen molar-refractivity contribution in [1.82, 2.24) is 4.57 Å². The molecule has 7 heteroatoms. The molecule has 0 atom stereocenters. The zero-order valence-corrected chi connectivity index (χ0v) is 15.1. The Morgan fingerprint density at radius 1 is 1.22 bits per heavy atom. The van der Waals surface area contributed by atoms with Gasteiger partial charge in [0.15, 0.2) is 0 Å². The molecule has 1 aliphatic heterocycles. The Hall–Kier alpha value is -2.41. The smallest absolute Gasteiger partial charge is 0.343 e. The summed E-state index contributed by atoms with van der Waals surface area (Å²) >= 11 is 0. The summed E-state index contributed by atoms with van der Waals surface area (Å²) in [5.41, 5.74) is 0.525. The number of pyridine rings is 1. The quantitative estimate of drug-likeness (QED) is 0.815. The van der Waals surface area contributed by atoms with Crippen molar-refractivity contribution in [2.75, 3.05) is 31.2 Å². The summed E-state index contributed by atoms with van der Waals surface area (Å²) < 4.78 is 21.6. The lowest BCUT2D eigenvalue weighted by Crippen LogP contribution is -2.30. The molecule has 0 unspecified atom stereocenters. The number of esters is 1. The van der Waals surface area contributed by atoms with Crippen LogP contribution in [-0.4, -0.2) is 41.9 Å². The van der Waals surface area contributed by atoms with E-state index in [1.54, 1.807) is 6.07 Å². The lowest BCUT2D eigenvalue weighted by Gasteiger charge is -2.29. The molecule has 2 heterocycles. The normalized spacial score (nSPS) is 17.3. The largest absolute Gasteiger partial charge is 0.460 e. The summed E-state index contributed by atoms with van der Waals surface area (Å²) in [7, 11) is 0. The number of anilines is 1. The van der Waals surface area contributed by atoms with Gasteiger partial charge in [0.2, 0.25) is 5.43 Å². The van der Waals surface area contributed by atoms with Crippen molar-refractivity contribution in [3.63, 3.8) is 0 Å². The summed E-state index contributed by atoms with van der Waals surface area (Å²) in [6.45, 7) is 1.12. The van der Waals surface area contributed by atoms with Crippen molar-refractivity contribution in [2.24, 2.45) is 0 Å². The van der Waals surface area contributed by atoms with Crippen LogP contribution in [0.5, 0.6) is 0 Å². The lowest BCUT2D eigenvalue weighted by molar-refractivity contribution is 0.0431. The van der Waals surface area contributed by atoms with Gasteiger partial charge in [-0.2, -0.15) is 0 Å². The number of nitrogens with zero attached hydrogens (tertiary/aromatic N) is 2. The monoisotopic (exact) mass is 374 g/mol. The third kappa shape index (κ3) is 3.43. The number of carbonyl (C=O) groups is 1. The second-order valence-corrected chi connectivity index (χ2v) is 7.24. The minimum atomic E-state index is -0.786. The molecule has 2 aromatic rings. The van der Waals surface area contributed by atoms with Crippen LogP contribution in [0.2, 0.25) is 0 Å². The maximum Gasteiger partial charge on any atom is 0.343 e. The van der Waals surface area contributed by atoms with E-state index in [9.17, 15) is 14.0 Å². The number of aliphatic hydroxyl groups is 1. The summed E-state index contributed by atoms with van der Waals surface area (Å²) in [6, 6.07) is 3.21. The number of hydrogen-bond acceptors (Lipinski definition) is 5. The minimum absolute atomic E-state index is 0.118. The van der Waals surface area contributed by atoms with Crippen LogP contribution in [0, 0.1) is 5.82 Å². The molecular weight excluding hydrogens is 351 g/mol. The van der Waals surface area contributed by atoms with Gasteiger partial charge >= 0.3 is 5.97 Å². The third-order valence-corrected chi connectivity index (χ3v) is 5.28. The van der Waals surface area contributed by atoms with E-state index in [1.165, 1.54) is 12.3 Å². The first kappa shape index (κ1) is 18.0. The van der Waals surface area contributed by atoms with Gasteiger partial charge in [-0.3, -0.25) is 4.79 Å². The Balaban J connectivity index is 1.85. The lowest BCUT2D eigenvalue weighted by atomic mass is 10.1. The summed E-state index contributed by atoms with van der Waals surface area (Å²) in [4.78, 5) is 27.1. The van der Waals surface area contributed by atoms with Gasteiger partial charge in [-0.25, -0.2) is 9.18 Å². The van der Waals surface area contributed by atoms with E-state index in [4.69, 9.17) is 9.84 Å². The Labute approximate surface area is 156 Å². The third-order valence-electron chi connectivity index (χ3n) is 5.28. The van der Waals surface area contributed by atoms with Crippen molar-refractivity contribution >= 4 is 22.6 Å². The van der Waals surface area contributed by atoms with E-state index in [-0.39, 0.29) is 30.2 Å². The maximum absolute atomic E-state index is 14.8. The molecule has 1 saturated heterocycles. The highest BCUT2D eigenvalue weighted by Crippen LogP contribution is 2.38. The van der Waals surface area contributed by atoms with Gasteiger partial charge in [-0.05, 0) is 44.2 Å². The number of rotatable bonds is 5.